The lowest BCUT2D eigenvalue weighted by molar-refractivity contribution is 0.0692. The van der Waals surface area contributed by atoms with Crippen LogP contribution in [0.3, 0.4) is 0 Å². The Morgan fingerprint density at radius 2 is 2.05 bits per heavy atom. The number of H-pyrrole nitrogens is 1. The minimum absolute atomic E-state index is 0.0306. The highest BCUT2D eigenvalue weighted by atomic mass is 16.5. The molecule has 0 saturated heterocycles. The van der Waals surface area contributed by atoms with Crippen molar-refractivity contribution in [2.24, 2.45) is 0 Å². The van der Waals surface area contributed by atoms with E-state index in [-0.39, 0.29) is 5.69 Å². The van der Waals surface area contributed by atoms with Gasteiger partial charge in [0.2, 0.25) is 0 Å². The number of rotatable bonds is 5. The number of carbonyl (C=O) groups is 1. The third-order valence-corrected chi connectivity index (χ3v) is 3.42. The van der Waals surface area contributed by atoms with Gasteiger partial charge in [-0.2, -0.15) is 5.10 Å². The number of ether oxygens (including phenoxy) is 1. The zero-order chi connectivity index (χ0) is 15.5. The number of hydrogen-bond acceptors (Lipinski definition) is 4. The van der Waals surface area contributed by atoms with Crippen LogP contribution in [0.1, 0.15) is 16.1 Å². The smallest absolute Gasteiger partial charge is 0.357 e. The maximum absolute atomic E-state index is 11.1. The first-order valence-corrected chi connectivity index (χ1v) is 6.75. The molecule has 0 bridgehead atoms. The molecule has 0 aliphatic rings. The van der Waals surface area contributed by atoms with Gasteiger partial charge in [-0.15, -0.1) is 0 Å². The number of benzene rings is 2. The molecule has 6 nitrogen and oxygen atoms in total. The maximum Gasteiger partial charge on any atom is 0.357 e. The van der Waals surface area contributed by atoms with E-state index in [0.717, 1.165) is 17.0 Å². The molecular weight excluding hydrogens is 282 g/mol. The van der Waals surface area contributed by atoms with Gasteiger partial charge >= 0.3 is 5.97 Å². The lowest BCUT2D eigenvalue weighted by Gasteiger charge is -2.07. The molecule has 0 atom stereocenters. The Morgan fingerprint density at radius 1 is 1.27 bits per heavy atom. The zero-order valence-corrected chi connectivity index (χ0v) is 12.0. The number of nitrogens with one attached hydrogen (secondary N) is 2. The first-order valence-electron chi connectivity index (χ1n) is 6.75. The van der Waals surface area contributed by atoms with E-state index in [9.17, 15) is 4.79 Å². The Hall–Kier alpha value is -3.02. The van der Waals surface area contributed by atoms with E-state index < -0.39 is 5.97 Å². The number of fused-ring (bicyclic) bond motifs is 1. The van der Waals surface area contributed by atoms with Gasteiger partial charge in [0.25, 0.3) is 0 Å². The summed E-state index contributed by atoms with van der Waals surface area (Å²) in [5.74, 6) is -0.228. The zero-order valence-electron chi connectivity index (χ0n) is 12.0. The lowest BCUT2D eigenvalue weighted by atomic mass is 10.1. The van der Waals surface area contributed by atoms with Gasteiger partial charge < -0.3 is 15.2 Å². The van der Waals surface area contributed by atoms with Crippen LogP contribution >= 0.6 is 0 Å². The molecule has 1 heterocycles. The molecule has 3 rings (SSSR count). The van der Waals surface area contributed by atoms with Gasteiger partial charge in [0, 0.05) is 17.6 Å². The minimum Gasteiger partial charge on any atom is -0.497 e. The summed E-state index contributed by atoms with van der Waals surface area (Å²) in [4.78, 5) is 11.1. The van der Waals surface area contributed by atoms with Crippen molar-refractivity contribution in [3.63, 3.8) is 0 Å². The number of hydrogen-bond donors (Lipinski definition) is 3. The van der Waals surface area contributed by atoms with Crippen LogP contribution in [0.4, 0.5) is 5.69 Å². The molecule has 0 amide bonds. The van der Waals surface area contributed by atoms with E-state index in [1.54, 1.807) is 13.2 Å². The molecule has 22 heavy (non-hydrogen) atoms. The summed E-state index contributed by atoms with van der Waals surface area (Å²) < 4.78 is 5.12. The minimum atomic E-state index is -1.04. The summed E-state index contributed by atoms with van der Waals surface area (Å²) in [6.45, 7) is 0.635. The molecule has 0 fully saturated rings. The third kappa shape index (κ3) is 2.71. The number of anilines is 1. The first kappa shape index (κ1) is 13.9. The molecule has 0 saturated carbocycles. The first-order chi connectivity index (χ1) is 10.7. The highest BCUT2D eigenvalue weighted by Crippen LogP contribution is 2.21. The van der Waals surface area contributed by atoms with E-state index in [1.165, 1.54) is 0 Å². The topological polar surface area (TPSA) is 87.2 Å². The van der Waals surface area contributed by atoms with E-state index in [1.807, 2.05) is 36.4 Å². The van der Waals surface area contributed by atoms with E-state index >= 15 is 0 Å². The Labute approximate surface area is 126 Å². The Kier molecular flexibility index (Phi) is 3.65. The van der Waals surface area contributed by atoms with Crippen molar-refractivity contribution in [2.45, 2.75) is 6.54 Å². The van der Waals surface area contributed by atoms with Crippen molar-refractivity contribution >= 4 is 22.6 Å². The predicted octanol–water partition coefficient (Wildman–Crippen LogP) is 2.88. The molecule has 3 aromatic rings. The molecule has 6 heteroatoms. The van der Waals surface area contributed by atoms with E-state index in [4.69, 9.17) is 9.84 Å². The normalized spacial score (nSPS) is 10.6. The van der Waals surface area contributed by atoms with Crippen LogP contribution in [0.5, 0.6) is 5.75 Å². The second-order valence-electron chi connectivity index (χ2n) is 4.84. The Morgan fingerprint density at radius 3 is 2.73 bits per heavy atom. The summed E-state index contributed by atoms with van der Waals surface area (Å²) in [6.07, 6.45) is 0. The summed E-state index contributed by atoms with van der Waals surface area (Å²) in [5.41, 5.74) is 2.68. The highest BCUT2D eigenvalue weighted by Gasteiger charge is 2.12. The van der Waals surface area contributed by atoms with Gasteiger partial charge in [-0.25, -0.2) is 4.79 Å². The fraction of sp³-hybridized carbons (Fsp3) is 0.125. The van der Waals surface area contributed by atoms with Crippen molar-refractivity contribution in [3.05, 3.63) is 53.7 Å². The van der Waals surface area contributed by atoms with Crippen LogP contribution in [0.25, 0.3) is 10.9 Å². The summed E-state index contributed by atoms with van der Waals surface area (Å²) >= 11 is 0. The molecule has 0 aliphatic heterocycles. The molecular formula is C16H15N3O3. The lowest BCUT2D eigenvalue weighted by Crippen LogP contribution is -2.00. The summed E-state index contributed by atoms with van der Waals surface area (Å²) in [6, 6.07) is 13.2. The van der Waals surface area contributed by atoms with Crippen LogP contribution in [0.2, 0.25) is 0 Å². The second-order valence-corrected chi connectivity index (χ2v) is 4.84. The quantitative estimate of drug-likeness (QED) is 0.674. The van der Waals surface area contributed by atoms with Crippen molar-refractivity contribution in [1.82, 2.24) is 10.2 Å². The van der Waals surface area contributed by atoms with Gasteiger partial charge in [-0.1, -0.05) is 12.1 Å². The summed E-state index contributed by atoms with van der Waals surface area (Å²) in [5, 5.41) is 19.5. The molecule has 2 aromatic carbocycles. The van der Waals surface area contributed by atoms with Gasteiger partial charge in [-0.05, 0) is 35.9 Å². The largest absolute Gasteiger partial charge is 0.497 e. The van der Waals surface area contributed by atoms with Crippen molar-refractivity contribution in [1.29, 1.82) is 0 Å². The molecule has 0 aliphatic carbocycles. The molecule has 112 valence electrons. The van der Waals surface area contributed by atoms with E-state index in [2.05, 4.69) is 15.5 Å². The number of methoxy groups -OCH3 is 1. The third-order valence-electron chi connectivity index (χ3n) is 3.42. The number of aromatic carboxylic acids is 1. The molecule has 0 radical (unpaired) electrons. The fourth-order valence-electron chi connectivity index (χ4n) is 2.23. The summed E-state index contributed by atoms with van der Waals surface area (Å²) in [7, 11) is 1.63. The van der Waals surface area contributed by atoms with Crippen LogP contribution in [0, 0.1) is 0 Å². The van der Waals surface area contributed by atoms with E-state index in [0.29, 0.717) is 17.4 Å². The number of aromatic amines is 1. The maximum atomic E-state index is 11.1. The number of carboxylic acid groups (broad SMARTS) is 1. The number of aromatic nitrogens is 2. The van der Waals surface area contributed by atoms with Crippen LogP contribution in [0.15, 0.2) is 42.5 Å². The molecule has 0 unspecified atom stereocenters. The van der Waals surface area contributed by atoms with Gasteiger partial charge in [0.05, 0.1) is 12.6 Å². The number of carboxylic acids is 1. The van der Waals surface area contributed by atoms with Gasteiger partial charge in [0.1, 0.15) is 5.75 Å². The van der Waals surface area contributed by atoms with Gasteiger partial charge in [0.15, 0.2) is 5.69 Å². The molecule has 1 aromatic heterocycles. The van der Waals surface area contributed by atoms with Crippen molar-refractivity contribution in [3.8, 4) is 5.75 Å². The Balaban J connectivity index is 1.78. The van der Waals surface area contributed by atoms with Crippen LogP contribution in [-0.4, -0.2) is 28.4 Å². The fourth-order valence-corrected chi connectivity index (χ4v) is 2.23. The standard InChI is InChI=1S/C16H15N3O3/c1-22-12-5-2-10(3-6-12)9-17-11-4-7-14-13(8-11)15(16(20)21)19-18-14/h2-8,17H,9H2,1H3,(H,18,19)(H,20,21). The van der Waals surface area contributed by atoms with Crippen molar-refractivity contribution < 1.29 is 14.6 Å². The second kappa shape index (κ2) is 5.77. The SMILES string of the molecule is COc1ccc(CNc2ccc3[nH]nc(C(=O)O)c3c2)cc1. The highest BCUT2D eigenvalue weighted by molar-refractivity contribution is 6.01. The van der Waals surface area contributed by atoms with Crippen molar-refractivity contribution in [2.75, 3.05) is 12.4 Å². The van der Waals surface area contributed by atoms with Gasteiger partial charge in [-0.3, -0.25) is 5.10 Å². The molecule has 0 spiro atoms. The van der Waals surface area contributed by atoms with Crippen LogP contribution < -0.4 is 10.1 Å². The Bertz CT molecular complexity index is 809. The average Bonchev–Trinajstić information content (AvgIpc) is 2.96. The number of nitrogens with zero attached hydrogens (tertiary/aromatic N) is 1. The molecule has 3 N–H and O–H groups in total. The predicted molar refractivity (Wildman–Crippen MR) is 83.4 cm³/mol. The monoisotopic (exact) mass is 297 g/mol. The average molecular weight is 297 g/mol. The van der Waals surface area contributed by atoms with Crippen LogP contribution in [-0.2, 0) is 6.54 Å².